The molecule has 0 radical (unpaired) electrons. The van der Waals surface area contributed by atoms with E-state index in [0.29, 0.717) is 16.7 Å². The Labute approximate surface area is 88.7 Å². The fraction of sp³-hybridized carbons (Fsp3) is 0. The molecule has 0 unspecified atom stereocenters. The molecule has 1 aromatic carbocycles. The summed E-state index contributed by atoms with van der Waals surface area (Å²) in [6.07, 6.45) is 0. The molecule has 0 saturated carbocycles. The van der Waals surface area contributed by atoms with Crippen molar-refractivity contribution in [1.29, 1.82) is 0 Å². The Morgan fingerprint density at radius 1 is 1.06 bits per heavy atom. The predicted octanol–water partition coefficient (Wildman–Crippen LogP) is 0.928. The third-order valence-electron chi connectivity index (χ3n) is 2.46. The minimum absolute atomic E-state index is 0.242. The Morgan fingerprint density at radius 2 is 1.88 bits per heavy atom. The van der Waals surface area contributed by atoms with E-state index in [-0.39, 0.29) is 5.56 Å². The van der Waals surface area contributed by atoms with Crippen LogP contribution in [0.3, 0.4) is 0 Å². The molecule has 0 atom stereocenters. The maximum absolute atomic E-state index is 11.4. The van der Waals surface area contributed by atoms with Crippen LogP contribution in [0.15, 0.2) is 33.5 Å². The summed E-state index contributed by atoms with van der Waals surface area (Å²) >= 11 is 0. The van der Waals surface area contributed by atoms with E-state index in [1.807, 2.05) is 0 Å². The third kappa shape index (κ3) is 1.08. The van der Waals surface area contributed by atoms with Crippen molar-refractivity contribution in [3.63, 3.8) is 0 Å². The summed E-state index contributed by atoms with van der Waals surface area (Å²) in [5, 5.41) is 3.11. The van der Waals surface area contributed by atoms with Gasteiger partial charge in [-0.2, -0.15) is 0 Å². The van der Waals surface area contributed by atoms with E-state index in [2.05, 4.69) is 5.32 Å². The molecule has 2 heterocycles. The lowest BCUT2D eigenvalue weighted by molar-refractivity contribution is -0.112. The standard InChI is InChI=1S/C11H5NO4/c13-9-2-1-5-3-7-6(4-8(5)16-9)10(14)11(15)12-7/h1-4H,(H,12,14,15). The van der Waals surface area contributed by atoms with Gasteiger partial charge in [-0.3, -0.25) is 9.59 Å². The molecular weight excluding hydrogens is 210 g/mol. The minimum Gasteiger partial charge on any atom is -0.423 e. The number of benzene rings is 1. The zero-order valence-electron chi connectivity index (χ0n) is 7.94. The SMILES string of the molecule is O=C1Nc2cc3ccc(=O)oc3cc2C1=O. The zero-order chi connectivity index (χ0) is 11.3. The highest BCUT2D eigenvalue weighted by Crippen LogP contribution is 2.27. The molecule has 5 heteroatoms. The Balaban J connectivity index is 2.38. The van der Waals surface area contributed by atoms with Gasteiger partial charge in [-0.25, -0.2) is 4.79 Å². The van der Waals surface area contributed by atoms with Crippen molar-refractivity contribution in [1.82, 2.24) is 0 Å². The Kier molecular flexibility index (Phi) is 1.54. The van der Waals surface area contributed by atoms with E-state index < -0.39 is 17.3 Å². The van der Waals surface area contributed by atoms with Crippen LogP contribution in [0.4, 0.5) is 5.69 Å². The highest BCUT2D eigenvalue weighted by Gasteiger charge is 2.28. The average molecular weight is 215 g/mol. The van der Waals surface area contributed by atoms with Crippen LogP contribution in [0.2, 0.25) is 0 Å². The van der Waals surface area contributed by atoms with Gasteiger partial charge in [0, 0.05) is 11.5 Å². The Hall–Kier alpha value is -2.43. The predicted molar refractivity (Wildman–Crippen MR) is 55.4 cm³/mol. The van der Waals surface area contributed by atoms with Gasteiger partial charge < -0.3 is 9.73 Å². The lowest BCUT2D eigenvalue weighted by Crippen LogP contribution is -2.12. The normalized spacial score (nSPS) is 14.0. The van der Waals surface area contributed by atoms with Gasteiger partial charge in [0.05, 0.1) is 11.3 Å². The van der Waals surface area contributed by atoms with Gasteiger partial charge in [0.1, 0.15) is 5.58 Å². The van der Waals surface area contributed by atoms with Crippen LogP contribution >= 0.6 is 0 Å². The van der Waals surface area contributed by atoms with Crippen molar-refractivity contribution in [2.45, 2.75) is 0 Å². The maximum Gasteiger partial charge on any atom is 0.336 e. The summed E-state index contributed by atoms with van der Waals surface area (Å²) in [4.78, 5) is 33.5. The molecule has 1 aromatic heterocycles. The number of Topliss-reactive ketones (excluding diaryl/α,β-unsaturated/α-hetero) is 1. The first-order valence-corrected chi connectivity index (χ1v) is 4.59. The summed E-state index contributed by atoms with van der Waals surface area (Å²) < 4.78 is 4.92. The van der Waals surface area contributed by atoms with Crippen molar-refractivity contribution in [2.75, 3.05) is 5.32 Å². The van der Waals surface area contributed by atoms with Crippen molar-refractivity contribution in [2.24, 2.45) is 0 Å². The molecule has 0 spiro atoms. The quantitative estimate of drug-likeness (QED) is 0.523. The van der Waals surface area contributed by atoms with E-state index in [4.69, 9.17) is 4.42 Å². The van der Waals surface area contributed by atoms with Crippen LogP contribution in [0, 0.1) is 0 Å². The number of fused-ring (bicyclic) bond motifs is 2. The molecule has 0 bridgehead atoms. The van der Waals surface area contributed by atoms with Crippen molar-refractivity contribution in [3.8, 4) is 0 Å². The molecule has 0 fully saturated rings. The van der Waals surface area contributed by atoms with Crippen LogP contribution < -0.4 is 10.9 Å². The first-order valence-electron chi connectivity index (χ1n) is 4.59. The molecule has 16 heavy (non-hydrogen) atoms. The molecule has 3 rings (SSSR count). The summed E-state index contributed by atoms with van der Waals surface area (Å²) in [6, 6.07) is 5.88. The van der Waals surface area contributed by atoms with E-state index >= 15 is 0 Å². The monoisotopic (exact) mass is 215 g/mol. The number of carbonyl (C=O) groups excluding carboxylic acids is 2. The highest BCUT2D eigenvalue weighted by molar-refractivity contribution is 6.52. The van der Waals surface area contributed by atoms with Crippen LogP contribution in [-0.4, -0.2) is 11.7 Å². The molecule has 78 valence electrons. The smallest absolute Gasteiger partial charge is 0.336 e. The number of ketones is 1. The zero-order valence-corrected chi connectivity index (χ0v) is 7.94. The number of nitrogens with one attached hydrogen (secondary N) is 1. The van der Waals surface area contributed by atoms with Crippen molar-refractivity contribution < 1.29 is 14.0 Å². The van der Waals surface area contributed by atoms with Gasteiger partial charge in [-0.1, -0.05) is 0 Å². The van der Waals surface area contributed by atoms with Gasteiger partial charge in [0.15, 0.2) is 0 Å². The number of amides is 1. The topological polar surface area (TPSA) is 76.4 Å². The Bertz CT molecular complexity index is 699. The second kappa shape index (κ2) is 2.79. The molecule has 2 aromatic rings. The molecular formula is C11H5NO4. The molecule has 1 amide bonds. The second-order valence-corrected chi connectivity index (χ2v) is 3.47. The number of anilines is 1. The van der Waals surface area contributed by atoms with Gasteiger partial charge in [0.2, 0.25) is 0 Å². The fourth-order valence-corrected chi connectivity index (χ4v) is 1.71. The maximum atomic E-state index is 11.4. The number of hydrogen-bond donors (Lipinski definition) is 1. The third-order valence-corrected chi connectivity index (χ3v) is 2.46. The number of rotatable bonds is 0. The summed E-state index contributed by atoms with van der Waals surface area (Å²) in [5.41, 5.74) is 0.511. The summed E-state index contributed by atoms with van der Waals surface area (Å²) in [5.74, 6) is -1.27. The van der Waals surface area contributed by atoms with Gasteiger partial charge in [-0.05, 0) is 18.2 Å². The van der Waals surface area contributed by atoms with E-state index in [9.17, 15) is 14.4 Å². The molecule has 1 aliphatic rings. The highest BCUT2D eigenvalue weighted by atomic mass is 16.4. The van der Waals surface area contributed by atoms with Crippen LogP contribution in [-0.2, 0) is 4.79 Å². The van der Waals surface area contributed by atoms with E-state index in [1.165, 1.54) is 12.1 Å². The lowest BCUT2D eigenvalue weighted by atomic mass is 10.1. The summed E-state index contributed by atoms with van der Waals surface area (Å²) in [6.45, 7) is 0. The van der Waals surface area contributed by atoms with Gasteiger partial charge in [-0.15, -0.1) is 0 Å². The molecule has 5 nitrogen and oxygen atoms in total. The largest absolute Gasteiger partial charge is 0.423 e. The van der Waals surface area contributed by atoms with E-state index in [0.717, 1.165) is 0 Å². The molecule has 1 aliphatic heterocycles. The second-order valence-electron chi connectivity index (χ2n) is 3.47. The molecule has 0 saturated heterocycles. The minimum atomic E-state index is -0.660. The van der Waals surface area contributed by atoms with Crippen molar-refractivity contribution in [3.05, 3.63) is 40.2 Å². The van der Waals surface area contributed by atoms with Gasteiger partial charge in [0.25, 0.3) is 11.7 Å². The lowest BCUT2D eigenvalue weighted by Gasteiger charge is -1.99. The summed E-state index contributed by atoms with van der Waals surface area (Å²) in [7, 11) is 0. The Morgan fingerprint density at radius 3 is 2.69 bits per heavy atom. The van der Waals surface area contributed by atoms with Crippen LogP contribution in [0.1, 0.15) is 10.4 Å². The molecule has 1 N–H and O–H groups in total. The van der Waals surface area contributed by atoms with E-state index in [1.54, 1.807) is 12.1 Å². The number of hydrogen-bond acceptors (Lipinski definition) is 4. The van der Waals surface area contributed by atoms with Crippen LogP contribution in [0.25, 0.3) is 11.0 Å². The first kappa shape index (κ1) is 8.84. The average Bonchev–Trinajstić information content (AvgIpc) is 2.52. The van der Waals surface area contributed by atoms with Crippen LogP contribution in [0.5, 0.6) is 0 Å². The van der Waals surface area contributed by atoms with Crippen molar-refractivity contribution >= 4 is 28.3 Å². The fourth-order valence-electron chi connectivity index (χ4n) is 1.71. The first-order chi connectivity index (χ1) is 7.65. The number of carbonyl (C=O) groups is 2. The van der Waals surface area contributed by atoms with Gasteiger partial charge >= 0.3 is 5.63 Å². The molecule has 0 aliphatic carbocycles.